The van der Waals surface area contributed by atoms with Gasteiger partial charge < -0.3 is 14.9 Å². The Bertz CT molecular complexity index is 1300. The highest BCUT2D eigenvalue weighted by atomic mass is 16.3. The van der Waals surface area contributed by atoms with E-state index < -0.39 is 5.60 Å². The molecule has 1 saturated heterocycles. The van der Waals surface area contributed by atoms with Crippen molar-refractivity contribution < 1.29 is 9.90 Å². The van der Waals surface area contributed by atoms with Crippen LogP contribution in [0.1, 0.15) is 57.6 Å². The summed E-state index contributed by atoms with van der Waals surface area (Å²) in [5.74, 6) is 1.71. The van der Waals surface area contributed by atoms with Gasteiger partial charge in [0.05, 0.1) is 17.0 Å². The number of nitrogens with zero attached hydrogens (tertiary/aromatic N) is 7. The Hall–Kier alpha value is -3.51. The summed E-state index contributed by atoms with van der Waals surface area (Å²) in [6.07, 6.45) is 7.55. The fourth-order valence-corrected chi connectivity index (χ4v) is 4.84. The highest BCUT2D eigenvalue weighted by Gasteiger charge is 2.39. The van der Waals surface area contributed by atoms with Crippen LogP contribution in [0.4, 0.5) is 5.82 Å². The third-order valence-corrected chi connectivity index (χ3v) is 6.77. The summed E-state index contributed by atoms with van der Waals surface area (Å²) in [6, 6.07) is 5.56. The smallest absolute Gasteiger partial charge is 0.254 e. The molecule has 2 fully saturated rings. The SMILES string of the molecule is C[C@@H]1CN(c2ncnc3c2c(C2CC2)cn3-c2cc(C#N)ccn2)[C@@H](C)CN1C(=O)C(C)(C)O. The van der Waals surface area contributed by atoms with E-state index in [-0.39, 0.29) is 18.0 Å². The van der Waals surface area contributed by atoms with Gasteiger partial charge in [0.25, 0.3) is 5.91 Å². The van der Waals surface area contributed by atoms with E-state index in [2.05, 4.69) is 34.1 Å². The largest absolute Gasteiger partial charge is 0.381 e. The summed E-state index contributed by atoms with van der Waals surface area (Å²) in [6.45, 7) is 8.26. The zero-order valence-electron chi connectivity index (χ0n) is 19.9. The zero-order valence-corrected chi connectivity index (χ0v) is 19.9. The quantitative estimate of drug-likeness (QED) is 0.638. The zero-order chi connectivity index (χ0) is 24.2. The highest BCUT2D eigenvalue weighted by molar-refractivity contribution is 5.93. The van der Waals surface area contributed by atoms with E-state index >= 15 is 0 Å². The van der Waals surface area contributed by atoms with Crippen molar-refractivity contribution in [3.63, 3.8) is 0 Å². The van der Waals surface area contributed by atoms with Crippen LogP contribution in [0.5, 0.6) is 0 Å². The van der Waals surface area contributed by atoms with E-state index in [4.69, 9.17) is 4.98 Å². The van der Waals surface area contributed by atoms with Crippen LogP contribution in [0.15, 0.2) is 30.9 Å². The molecule has 34 heavy (non-hydrogen) atoms. The lowest BCUT2D eigenvalue weighted by Gasteiger charge is -2.46. The number of hydrogen-bond acceptors (Lipinski definition) is 7. The second-order valence-electron chi connectivity index (χ2n) is 10.0. The number of rotatable bonds is 4. The molecule has 3 aromatic heterocycles. The number of fused-ring (bicyclic) bond motifs is 1. The summed E-state index contributed by atoms with van der Waals surface area (Å²) in [5.41, 5.74) is 1.11. The molecular formula is C25H29N7O2. The molecule has 1 amide bonds. The molecule has 4 heterocycles. The van der Waals surface area contributed by atoms with Crippen molar-refractivity contribution in [1.82, 2.24) is 24.4 Å². The summed E-state index contributed by atoms with van der Waals surface area (Å²) < 4.78 is 1.96. The highest BCUT2D eigenvalue weighted by Crippen LogP contribution is 2.46. The fourth-order valence-electron chi connectivity index (χ4n) is 4.84. The minimum atomic E-state index is -1.40. The van der Waals surface area contributed by atoms with Gasteiger partial charge in [-0.2, -0.15) is 5.26 Å². The summed E-state index contributed by atoms with van der Waals surface area (Å²) in [7, 11) is 0. The lowest BCUT2D eigenvalue weighted by molar-refractivity contribution is -0.151. The molecule has 1 aliphatic heterocycles. The minimum Gasteiger partial charge on any atom is -0.381 e. The third-order valence-electron chi connectivity index (χ3n) is 6.77. The number of amides is 1. The molecule has 1 aliphatic carbocycles. The predicted molar refractivity (Wildman–Crippen MR) is 128 cm³/mol. The van der Waals surface area contributed by atoms with Crippen molar-refractivity contribution in [3.05, 3.63) is 42.0 Å². The van der Waals surface area contributed by atoms with Crippen LogP contribution >= 0.6 is 0 Å². The molecule has 9 nitrogen and oxygen atoms in total. The average molecular weight is 460 g/mol. The van der Waals surface area contributed by atoms with Gasteiger partial charge >= 0.3 is 0 Å². The van der Waals surface area contributed by atoms with Crippen LogP contribution in [0.25, 0.3) is 16.9 Å². The topological polar surface area (TPSA) is 111 Å². The molecule has 3 aromatic rings. The van der Waals surface area contributed by atoms with Crippen molar-refractivity contribution in [3.8, 4) is 11.9 Å². The second kappa shape index (κ2) is 8.06. The molecule has 5 rings (SSSR count). The molecule has 1 saturated carbocycles. The maximum absolute atomic E-state index is 12.8. The van der Waals surface area contributed by atoms with Crippen LogP contribution in [-0.4, -0.2) is 66.2 Å². The standard InChI is InChI=1S/C25H29N7O2/c1-15-12-31(24(33)25(3,4)34)16(2)11-30(15)22-21-19(18-5-6-18)13-32(23(21)29-14-28-22)20-9-17(10-26)7-8-27-20/h7-9,13-16,18,34H,5-6,11-12H2,1-4H3/t15-,16+/m0/s1. The van der Waals surface area contributed by atoms with Crippen molar-refractivity contribution in [2.24, 2.45) is 0 Å². The first-order valence-corrected chi connectivity index (χ1v) is 11.7. The number of aromatic nitrogens is 4. The molecular weight excluding hydrogens is 430 g/mol. The molecule has 1 N–H and O–H groups in total. The maximum Gasteiger partial charge on any atom is 0.254 e. The summed E-state index contributed by atoms with van der Waals surface area (Å²) >= 11 is 0. The molecule has 9 heteroatoms. The first-order chi connectivity index (χ1) is 16.2. The van der Waals surface area contributed by atoms with Gasteiger partial charge in [0.2, 0.25) is 0 Å². The van der Waals surface area contributed by atoms with Gasteiger partial charge in [-0.05, 0) is 64.2 Å². The van der Waals surface area contributed by atoms with Crippen LogP contribution in [0.3, 0.4) is 0 Å². The predicted octanol–water partition coefficient (Wildman–Crippen LogP) is 2.76. The molecule has 0 spiro atoms. The molecule has 0 aromatic carbocycles. The minimum absolute atomic E-state index is 0.0102. The Morgan fingerprint density at radius 3 is 2.62 bits per heavy atom. The van der Waals surface area contributed by atoms with Crippen LogP contribution in [0, 0.1) is 11.3 Å². The molecule has 0 bridgehead atoms. The van der Waals surface area contributed by atoms with Gasteiger partial charge in [-0.3, -0.25) is 9.36 Å². The van der Waals surface area contributed by atoms with E-state index in [1.54, 1.807) is 29.6 Å². The molecule has 0 unspecified atom stereocenters. The van der Waals surface area contributed by atoms with Gasteiger partial charge in [0.15, 0.2) is 5.65 Å². The summed E-state index contributed by atoms with van der Waals surface area (Å²) in [4.78, 5) is 30.6. The Kier molecular flexibility index (Phi) is 5.29. The van der Waals surface area contributed by atoms with Crippen molar-refractivity contribution >= 4 is 22.8 Å². The van der Waals surface area contributed by atoms with Gasteiger partial charge in [0.1, 0.15) is 23.6 Å². The van der Waals surface area contributed by atoms with E-state index in [1.165, 1.54) is 19.4 Å². The first-order valence-electron chi connectivity index (χ1n) is 11.7. The number of anilines is 1. The van der Waals surface area contributed by atoms with Gasteiger partial charge in [-0.25, -0.2) is 15.0 Å². The monoisotopic (exact) mass is 459 g/mol. The number of carbonyl (C=O) groups is 1. The Morgan fingerprint density at radius 1 is 1.18 bits per heavy atom. The molecule has 0 radical (unpaired) electrons. The first kappa shape index (κ1) is 22.3. The molecule has 2 aliphatic rings. The van der Waals surface area contributed by atoms with Crippen LogP contribution < -0.4 is 4.90 Å². The average Bonchev–Trinajstić information content (AvgIpc) is 3.59. The number of aliphatic hydroxyl groups is 1. The lowest BCUT2D eigenvalue weighted by Crippen LogP contribution is -2.61. The number of carbonyl (C=O) groups excluding carboxylic acids is 1. The number of pyridine rings is 1. The van der Waals surface area contributed by atoms with E-state index in [0.717, 1.165) is 29.7 Å². The van der Waals surface area contributed by atoms with Crippen molar-refractivity contribution in [1.29, 1.82) is 5.26 Å². The van der Waals surface area contributed by atoms with Gasteiger partial charge in [0, 0.05) is 37.6 Å². The Balaban J connectivity index is 1.58. The normalized spacial score (nSPS) is 21.1. The second-order valence-corrected chi connectivity index (χ2v) is 10.0. The van der Waals surface area contributed by atoms with Crippen molar-refractivity contribution in [2.75, 3.05) is 18.0 Å². The molecule has 2 atom stereocenters. The third kappa shape index (κ3) is 3.78. The Labute approximate surface area is 198 Å². The Morgan fingerprint density at radius 2 is 1.94 bits per heavy atom. The van der Waals surface area contributed by atoms with Gasteiger partial charge in [-0.15, -0.1) is 0 Å². The van der Waals surface area contributed by atoms with Crippen LogP contribution in [-0.2, 0) is 4.79 Å². The number of hydrogen-bond donors (Lipinski definition) is 1. The van der Waals surface area contributed by atoms with Crippen molar-refractivity contribution in [2.45, 2.75) is 64.1 Å². The lowest BCUT2D eigenvalue weighted by atomic mass is 10.0. The molecule has 176 valence electrons. The van der Waals surface area contributed by atoms with Gasteiger partial charge in [-0.1, -0.05) is 0 Å². The van der Waals surface area contributed by atoms with E-state index in [0.29, 0.717) is 30.4 Å². The van der Waals surface area contributed by atoms with Crippen LogP contribution in [0.2, 0.25) is 0 Å². The fraction of sp³-hybridized carbons (Fsp3) is 0.480. The number of nitriles is 1. The van der Waals surface area contributed by atoms with E-state index in [9.17, 15) is 15.2 Å². The number of piperazine rings is 1. The summed E-state index contributed by atoms with van der Waals surface area (Å²) in [5, 5.41) is 20.6. The maximum atomic E-state index is 12.8. The van der Waals surface area contributed by atoms with E-state index in [1.807, 2.05) is 11.5 Å².